The van der Waals surface area contributed by atoms with Gasteiger partial charge in [0.25, 0.3) is 6.47 Å². The van der Waals surface area contributed by atoms with Crippen LogP contribution in [-0.2, 0) is 38.2 Å². The lowest BCUT2D eigenvalue weighted by Crippen LogP contribution is -2.55. The number of amides is 3. The lowest BCUT2D eigenvalue weighted by molar-refractivity contribution is -0.140. The van der Waals surface area contributed by atoms with E-state index in [9.17, 15) is 24.0 Å². The molecule has 0 spiro atoms. The summed E-state index contributed by atoms with van der Waals surface area (Å²) in [5.41, 5.74) is -1.03. The Labute approximate surface area is 250 Å². The number of thiol groups is 1. The zero-order valence-corrected chi connectivity index (χ0v) is 27.0. The molecule has 0 saturated carbocycles. The first-order chi connectivity index (χ1) is 18.9. The maximum Gasteiger partial charge on any atom is 0.319 e. The molecular weight excluding hydrogens is 558 g/mol. The Kier molecular flexibility index (Phi) is 28.9. The summed E-state index contributed by atoms with van der Waals surface area (Å²) in [7, 11) is 0. The van der Waals surface area contributed by atoms with Crippen LogP contribution in [0.4, 0.5) is 0 Å². The van der Waals surface area contributed by atoms with Gasteiger partial charge in [-0.3, -0.25) is 28.8 Å². The molecule has 0 aromatic heterocycles. The van der Waals surface area contributed by atoms with Crippen molar-refractivity contribution in [1.29, 1.82) is 0 Å². The van der Waals surface area contributed by atoms with Crippen LogP contribution >= 0.6 is 12.6 Å². The van der Waals surface area contributed by atoms with E-state index in [0.29, 0.717) is 52.2 Å². The van der Waals surface area contributed by atoms with E-state index in [-0.39, 0.29) is 42.5 Å². The van der Waals surface area contributed by atoms with E-state index in [0.717, 1.165) is 0 Å². The molecule has 13 nitrogen and oxygen atoms in total. The van der Waals surface area contributed by atoms with Gasteiger partial charge in [0.05, 0.1) is 19.8 Å². The van der Waals surface area contributed by atoms with Crippen LogP contribution in [0.3, 0.4) is 0 Å². The van der Waals surface area contributed by atoms with E-state index < -0.39 is 16.3 Å². The summed E-state index contributed by atoms with van der Waals surface area (Å²) in [5, 5.41) is 23.4. The number of nitrogens with one attached hydrogen (secondary N) is 3. The molecule has 14 heteroatoms. The molecule has 0 aliphatic rings. The summed E-state index contributed by atoms with van der Waals surface area (Å²) in [5.74, 6) is -1.47. The predicted octanol–water partition coefficient (Wildman–Crippen LogP) is 2.07. The number of Topliss-reactive ketones (excluding diaryl/α,β-unsaturated/α-hetero) is 1. The van der Waals surface area contributed by atoms with Crippen LogP contribution in [0.25, 0.3) is 0 Å². The third kappa shape index (κ3) is 33.4. The normalized spacial score (nSPS) is 11.8. The molecule has 41 heavy (non-hydrogen) atoms. The number of ether oxygens (including phenoxy) is 2. The number of ketones is 1. The van der Waals surface area contributed by atoms with Crippen molar-refractivity contribution in [2.75, 3.05) is 39.5 Å². The van der Waals surface area contributed by atoms with Gasteiger partial charge in [0, 0.05) is 19.5 Å². The van der Waals surface area contributed by atoms with Crippen molar-refractivity contribution in [3.63, 3.8) is 0 Å². The second kappa shape index (κ2) is 26.2. The van der Waals surface area contributed by atoms with Crippen LogP contribution in [0.15, 0.2) is 0 Å². The quantitative estimate of drug-likeness (QED) is 0.0804. The lowest BCUT2D eigenvalue weighted by Gasteiger charge is -2.27. The fourth-order valence-electron chi connectivity index (χ4n) is 2.88. The summed E-state index contributed by atoms with van der Waals surface area (Å²) in [6.45, 7) is 17.8. The Morgan fingerprint density at radius 2 is 1.41 bits per heavy atom. The van der Waals surface area contributed by atoms with Gasteiger partial charge < -0.3 is 35.6 Å². The third-order valence-electron chi connectivity index (χ3n) is 4.37. The van der Waals surface area contributed by atoms with Gasteiger partial charge in [-0.05, 0) is 46.0 Å². The Hall–Kier alpha value is -2.71. The average Bonchev–Trinajstić information content (AvgIpc) is 2.83. The third-order valence-corrected chi connectivity index (χ3v) is 4.72. The molecule has 0 rings (SSSR count). The summed E-state index contributed by atoms with van der Waals surface area (Å²) in [6, 6.07) is 0. The van der Waals surface area contributed by atoms with Crippen LogP contribution in [0.2, 0.25) is 0 Å². The number of rotatable bonds is 17. The number of hydrogen-bond donors (Lipinski definition) is 6. The van der Waals surface area contributed by atoms with Crippen LogP contribution in [0.5, 0.6) is 0 Å². The molecular formula is C27H53N3O10S. The number of carbonyl (C=O) groups is 6. The second-order valence-corrected chi connectivity index (χ2v) is 11.4. The minimum atomic E-state index is -1.04. The number of carboxylic acid groups (broad SMARTS) is 2. The smallest absolute Gasteiger partial charge is 0.319 e. The molecule has 0 aromatic rings. The van der Waals surface area contributed by atoms with Crippen molar-refractivity contribution < 1.29 is 48.5 Å². The molecule has 0 heterocycles. The van der Waals surface area contributed by atoms with Crippen molar-refractivity contribution in [2.24, 2.45) is 5.41 Å². The Balaban J connectivity index is -0.000000354. The van der Waals surface area contributed by atoms with Crippen molar-refractivity contribution >= 4 is 49.1 Å². The predicted molar refractivity (Wildman–Crippen MR) is 160 cm³/mol. The zero-order chi connectivity index (χ0) is 33.1. The van der Waals surface area contributed by atoms with Gasteiger partial charge in [-0.15, -0.1) is 0 Å². The Bertz CT molecular complexity index is 754. The lowest BCUT2D eigenvalue weighted by atomic mass is 9.85. The van der Waals surface area contributed by atoms with E-state index in [2.05, 4.69) is 28.6 Å². The summed E-state index contributed by atoms with van der Waals surface area (Å²) in [6.07, 6.45) is 1.87. The first kappa shape index (κ1) is 45.3. The van der Waals surface area contributed by atoms with Gasteiger partial charge in [0.2, 0.25) is 18.2 Å². The van der Waals surface area contributed by atoms with Gasteiger partial charge in [0.1, 0.15) is 16.9 Å². The molecule has 0 bridgehead atoms. The highest BCUT2D eigenvalue weighted by molar-refractivity contribution is 7.82. The molecule has 5 N–H and O–H groups in total. The summed E-state index contributed by atoms with van der Waals surface area (Å²) in [4.78, 5) is 63.6. The topological polar surface area (TPSA) is 197 Å². The molecule has 0 fully saturated rings. The maximum atomic E-state index is 12.1. The highest BCUT2D eigenvalue weighted by atomic mass is 32.1. The van der Waals surface area contributed by atoms with Crippen LogP contribution < -0.4 is 16.0 Å². The number of carbonyl (C=O) groups excluding carboxylic acids is 4. The molecule has 1 atom stereocenters. The summed E-state index contributed by atoms with van der Waals surface area (Å²) >= 11 is 4.08. The van der Waals surface area contributed by atoms with Gasteiger partial charge in [-0.25, -0.2) is 0 Å². The molecule has 0 aromatic carbocycles. The van der Waals surface area contributed by atoms with E-state index in [4.69, 9.17) is 24.5 Å². The zero-order valence-electron chi connectivity index (χ0n) is 26.1. The summed E-state index contributed by atoms with van der Waals surface area (Å²) < 4.78 is 9.39. The fraction of sp³-hybridized carbons (Fsp3) is 0.778. The molecule has 3 amide bonds. The minimum absolute atomic E-state index is 0.00882. The van der Waals surface area contributed by atoms with Gasteiger partial charge in [-0.1, -0.05) is 34.6 Å². The fourth-order valence-corrected chi connectivity index (χ4v) is 3.35. The highest BCUT2D eigenvalue weighted by Crippen LogP contribution is 2.31. The minimum Gasteiger partial charge on any atom is -0.483 e. The second-order valence-electron chi connectivity index (χ2n) is 10.4. The Morgan fingerprint density at radius 3 is 1.83 bits per heavy atom. The molecule has 0 aliphatic heterocycles. The largest absolute Gasteiger partial charge is 0.483 e. The van der Waals surface area contributed by atoms with Crippen molar-refractivity contribution in [1.82, 2.24) is 16.0 Å². The number of aliphatic carboxylic acids is 1. The molecule has 0 aliphatic carbocycles. The SMILES string of the molecule is CC.CC(=O)COCCOCCNC(=O)C(C)(C)NC(=O)CCCNC=O.CC(C)(C)CC(C)(S)C(=O)O.O=CO. The van der Waals surface area contributed by atoms with Crippen LogP contribution in [-0.4, -0.2) is 96.5 Å². The van der Waals surface area contributed by atoms with Gasteiger partial charge in [-0.2, -0.15) is 12.6 Å². The van der Waals surface area contributed by atoms with Crippen molar-refractivity contribution in [2.45, 2.75) is 91.9 Å². The van der Waals surface area contributed by atoms with Gasteiger partial charge in [0.15, 0.2) is 5.78 Å². The van der Waals surface area contributed by atoms with Crippen LogP contribution in [0.1, 0.15) is 81.6 Å². The van der Waals surface area contributed by atoms with Crippen molar-refractivity contribution in [3.05, 3.63) is 0 Å². The molecule has 242 valence electrons. The number of hydrogen-bond acceptors (Lipinski definition) is 9. The Morgan fingerprint density at radius 1 is 0.902 bits per heavy atom. The standard InChI is InChI=1S/C16H29N3O6.C8H16O2S.C2H6.CH2O2/c1-13(21)11-25-10-9-24-8-7-18-15(23)16(2,3)19-14(22)5-4-6-17-12-20;1-7(2,3)5-8(4,11)6(9)10;1-2;2-1-3/h12H,4-11H2,1-3H3,(H,17,20)(H,18,23)(H,19,22);11H,5H2,1-4H3,(H,9,10);1-2H3;1H,(H,2,3). The van der Waals surface area contributed by atoms with E-state index in [1.807, 2.05) is 34.6 Å². The average molecular weight is 612 g/mol. The number of carboxylic acids is 1. The first-order valence-electron chi connectivity index (χ1n) is 13.3. The molecule has 1 unspecified atom stereocenters. The van der Waals surface area contributed by atoms with E-state index >= 15 is 0 Å². The van der Waals surface area contributed by atoms with E-state index in [1.54, 1.807) is 20.8 Å². The monoisotopic (exact) mass is 611 g/mol. The molecule has 0 radical (unpaired) electrons. The molecule has 0 saturated heterocycles. The van der Waals surface area contributed by atoms with Crippen molar-refractivity contribution in [3.8, 4) is 0 Å². The maximum absolute atomic E-state index is 12.1. The first-order valence-corrected chi connectivity index (χ1v) is 13.8. The van der Waals surface area contributed by atoms with Gasteiger partial charge >= 0.3 is 5.97 Å². The van der Waals surface area contributed by atoms with Crippen LogP contribution in [0, 0.1) is 5.41 Å². The highest BCUT2D eigenvalue weighted by Gasteiger charge is 2.33. The van der Waals surface area contributed by atoms with E-state index in [1.165, 1.54) is 6.92 Å².